The second-order valence-corrected chi connectivity index (χ2v) is 8.36. The van der Waals surface area contributed by atoms with E-state index in [0.717, 1.165) is 18.4 Å². The van der Waals surface area contributed by atoms with Gasteiger partial charge in [0.2, 0.25) is 0 Å². The fraction of sp³-hybridized carbons (Fsp3) is 0.545. The largest absolute Gasteiger partial charge is 0.466 e. The highest BCUT2D eigenvalue weighted by Crippen LogP contribution is 2.39. The lowest BCUT2D eigenvalue weighted by molar-refractivity contribution is -0.186. The van der Waals surface area contributed by atoms with Gasteiger partial charge < -0.3 is 10.1 Å². The summed E-state index contributed by atoms with van der Waals surface area (Å²) in [5.74, 6) is -1.99. The van der Waals surface area contributed by atoms with E-state index in [4.69, 9.17) is 4.74 Å². The molecule has 2 aliphatic heterocycles. The number of urea groups is 1. The predicted octanol–water partition coefficient (Wildman–Crippen LogP) is 3.62. The number of nitrogens with one attached hydrogen (secondary N) is 1. The summed E-state index contributed by atoms with van der Waals surface area (Å²) in [4.78, 5) is 29.1. The highest BCUT2D eigenvalue weighted by molar-refractivity contribution is 5.95. The lowest BCUT2D eigenvalue weighted by atomic mass is 9.93. The number of amides is 2. The highest BCUT2D eigenvalue weighted by Gasteiger charge is 2.46. The van der Waals surface area contributed by atoms with Gasteiger partial charge in [0.15, 0.2) is 0 Å². The smallest absolute Gasteiger partial charge is 0.393 e. The molecule has 1 aromatic rings. The fourth-order valence-electron chi connectivity index (χ4n) is 4.48. The molecule has 31 heavy (non-hydrogen) atoms. The summed E-state index contributed by atoms with van der Waals surface area (Å²) in [6.45, 7) is 0.447. The number of esters is 1. The van der Waals surface area contributed by atoms with Crippen molar-refractivity contribution in [2.75, 3.05) is 26.7 Å². The minimum atomic E-state index is -4.26. The molecule has 6 nitrogen and oxygen atoms in total. The average molecular weight is 437 g/mol. The number of piperidine rings is 1. The Morgan fingerprint density at radius 3 is 2.52 bits per heavy atom. The van der Waals surface area contributed by atoms with E-state index in [9.17, 15) is 22.8 Å². The van der Waals surface area contributed by atoms with E-state index in [0.29, 0.717) is 18.7 Å². The van der Waals surface area contributed by atoms with Crippen molar-refractivity contribution in [1.82, 2.24) is 15.1 Å². The van der Waals surface area contributed by atoms with Crippen LogP contribution in [0.5, 0.6) is 0 Å². The van der Waals surface area contributed by atoms with Crippen LogP contribution >= 0.6 is 0 Å². The van der Waals surface area contributed by atoms with Gasteiger partial charge in [-0.25, -0.2) is 9.59 Å². The Hall–Kier alpha value is -2.55. The number of nitrogens with zero attached hydrogens (tertiary/aromatic N) is 2. The van der Waals surface area contributed by atoms with Crippen LogP contribution in [0.15, 0.2) is 41.6 Å². The van der Waals surface area contributed by atoms with Crippen LogP contribution in [0.2, 0.25) is 0 Å². The number of carbonyl (C=O) groups is 2. The molecule has 1 N–H and O–H groups in total. The number of alkyl halides is 3. The van der Waals surface area contributed by atoms with Crippen LogP contribution in [-0.2, 0) is 9.53 Å². The summed E-state index contributed by atoms with van der Waals surface area (Å²) >= 11 is 0. The van der Waals surface area contributed by atoms with E-state index < -0.39 is 24.1 Å². The van der Waals surface area contributed by atoms with Crippen LogP contribution in [-0.4, -0.2) is 60.8 Å². The van der Waals surface area contributed by atoms with Crippen LogP contribution in [0.3, 0.4) is 0 Å². The van der Waals surface area contributed by atoms with Crippen molar-refractivity contribution in [3.63, 3.8) is 0 Å². The molecule has 0 aromatic heterocycles. The number of ether oxygens (including phenoxy) is 1. The molecule has 2 heterocycles. The number of carbonyl (C=O) groups excluding carboxylic acids is 2. The monoisotopic (exact) mass is 437 g/mol. The zero-order valence-electron chi connectivity index (χ0n) is 17.3. The quantitative estimate of drug-likeness (QED) is 0.715. The number of halogens is 3. The topological polar surface area (TPSA) is 61.9 Å². The van der Waals surface area contributed by atoms with E-state index in [1.54, 1.807) is 21.9 Å². The summed E-state index contributed by atoms with van der Waals surface area (Å²) in [6.07, 6.45) is -2.14. The maximum atomic E-state index is 13.3. The molecule has 2 fully saturated rings. The molecule has 0 bridgehead atoms. The molecule has 2 unspecified atom stereocenters. The van der Waals surface area contributed by atoms with Crippen molar-refractivity contribution in [3.8, 4) is 0 Å². The third-order valence-corrected chi connectivity index (χ3v) is 6.17. The second kappa shape index (κ2) is 8.53. The minimum absolute atomic E-state index is 0.0467. The van der Waals surface area contributed by atoms with Crippen LogP contribution in [0.25, 0.3) is 0 Å². The van der Waals surface area contributed by atoms with Crippen LogP contribution in [0.1, 0.15) is 37.3 Å². The average Bonchev–Trinajstić information content (AvgIpc) is 3.58. The predicted molar refractivity (Wildman–Crippen MR) is 107 cm³/mol. The molecule has 3 aliphatic rings. The molecule has 4 rings (SSSR count). The van der Waals surface area contributed by atoms with Gasteiger partial charge in [-0.1, -0.05) is 30.3 Å². The Morgan fingerprint density at radius 1 is 1.19 bits per heavy atom. The van der Waals surface area contributed by atoms with Gasteiger partial charge in [-0.3, -0.25) is 9.80 Å². The van der Waals surface area contributed by atoms with Gasteiger partial charge in [0.25, 0.3) is 0 Å². The van der Waals surface area contributed by atoms with Gasteiger partial charge in [0.1, 0.15) is 0 Å². The molecule has 1 aliphatic carbocycles. The van der Waals surface area contributed by atoms with E-state index in [1.165, 1.54) is 7.11 Å². The number of hydrogen-bond donors (Lipinski definition) is 1. The molecule has 9 heteroatoms. The Morgan fingerprint density at radius 2 is 1.90 bits per heavy atom. The standard InChI is InChI=1S/C22H26F3N3O3/c1-31-20(29)18-17(13-27-11-5-8-15(12-27)22(23,24)25)28(16-9-10-16)21(30)26-19(18)14-6-3-2-4-7-14/h2-4,6-7,15-16,19H,5,8-13H2,1H3,(H,26,30). The molecular weight excluding hydrogens is 411 g/mol. The molecule has 1 aromatic carbocycles. The summed E-state index contributed by atoms with van der Waals surface area (Å²) in [6, 6.07) is 7.96. The third-order valence-electron chi connectivity index (χ3n) is 6.17. The van der Waals surface area contributed by atoms with E-state index in [2.05, 4.69) is 5.32 Å². The second-order valence-electron chi connectivity index (χ2n) is 8.36. The zero-order chi connectivity index (χ0) is 22.2. The van der Waals surface area contributed by atoms with Gasteiger partial charge in [-0.2, -0.15) is 13.2 Å². The number of benzene rings is 1. The maximum Gasteiger partial charge on any atom is 0.393 e. The first-order valence-electron chi connectivity index (χ1n) is 10.5. The highest BCUT2D eigenvalue weighted by atomic mass is 19.4. The summed E-state index contributed by atoms with van der Waals surface area (Å²) < 4.78 is 45.0. The van der Waals surface area contributed by atoms with E-state index in [1.807, 2.05) is 18.2 Å². The Balaban J connectivity index is 1.73. The van der Waals surface area contributed by atoms with Crippen molar-refractivity contribution in [3.05, 3.63) is 47.2 Å². The van der Waals surface area contributed by atoms with Crippen LogP contribution in [0, 0.1) is 5.92 Å². The molecule has 1 saturated carbocycles. The normalized spacial score (nSPS) is 25.4. The SMILES string of the molecule is COC(=O)C1=C(CN2CCCC(C(F)(F)F)C2)N(C2CC2)C(=O)NC1c1ccccc1. The molecule has 0 radical (unpaired) electrons. The van der Waals surface area contributed by atoms with Gasteiger partial charge in [0.05, 0.1) is 24.6 Å². The fourth-order valence-corrected chi connectivity index (χ4v) is 4.48. The molecule has 1 saturated heterocycles. The lowest BCUT2D eigenvalue weighted by Crippen LogP contribution is -2.52. The third kappa shape index (κ3) is 4.56. The molecule has 2 amide bonds. The number of hydrogen-bond acceptors (Lipinski definition) is 4. The molecular formula is C22H26F3N3O3. The van der Waals surface area contributed by atoms with Crippen LogP contribution < -0.4 is 5.32 Å². The summed E-state index contributed by atoms with van der Waals surface area (Å²) in [5.41, 5.74) is 1.46. The summed E-state index contributed by atoms with van der Waals surface area (Å²) in [7, 11) is 1.27. The van der Waals surface area contributed by atoms with E-state index >= 15 is 0 Å². The summed E-state index contributed by atoms with van der Waals surface area (Å²) in [5, 5.41) is 2.90. The molecule has 0 spiro atoms. The van der Waals surface area contributed by atoms with Gasteiger partial charge in [-0.05, 0) is 37.8 Å². The maximum absolute atomic E-state index is 13.3. The first-order valence-corrected chi connectivity index (χ1v) is 10.5. The Labute approximate surface area is 179 Å². The van der Waals surface area contributed by atoms with Crippen molar-refractivity contribution in [2.24, 2.45) is 5.92 Å². The van der Waals surface area contributed by atoms with Gasteiger partial charge >= 0.3 is 18.2 Å². The number of methoxy groups -OCH3 is 1. The molecule has 2 atom stereocenters. The first-order chi connectivity index (χ1) is 14.8. The first kappa shape index (κ1) is 21.7. The Bertz CT molecular complexity index is 868. The molecule has 168 valence electrons. The van der Waals surface area contributed by atoms with Crippen LogP contribution in [0.4, 0.5) is 18.0 Å². The number of likely N-dealkylation sites (tertiary alicyclic amines) is 1. The van der Waals surface area contributed by atoms with Crippen molar-refractivity contribution < 1.29 is 27.5 Å². The zero-order valence-corrected chi connectivity index (χ0v) is 17.3. The van der Waals surface area contributed by atoms with Gasteiger partial charge in [-0.15, -0.1) is 0 Å². The van der Waals surface area contributed by atoms with Gasteiger partial charge in [0, 0.05) is 24.8 Å². The van der Waals surface area contributed by atoms with Crippen molar-refractivity contribution in [2.45, 2.75) is 43.9 Å². The van der Waals surface area contributed by atoms with Crippen molar-refractivity contribution in [1.29, 1.82) is 0 Å². The number of rotatable bonds is 5. The van der Waals surface area contributed by atoms with E-state index in [-0.39, 0.29) is 37.2 Å². The minimum Gasteiger partial charge on any atom is -0.466 e. The lowest BCUT2D eigenvalue weighted by Gasteiger charge is -2.40. The Kier molecular flexibility index (Phi) is 5.96. The van der Waals surface area contributed by atoms with Crippen molar-refractivity contribution >= 4 is 12.0 Å².